The SMILES string of the molecule is CCCCCc1ccc(C(=O)C(C)C)cc1.CCCCCc1ccc(C(=O)CC)cc1. The molecule has 0 aliphatic carbocycles. The molecule has 31 heavy (non-hydrogen) atoms. The van der Waals surface area contributed by atoms with Gasteiger partial charge in [-0.15, -0.1) is 0 Å². The molecular formula is C29H42O2. The number of ketones is 2. The smallest absolute Gasteiger partial charge is 0.165 e. The van der Waals surface area contributed by atoms with Crippen molar-refractivity contribution >= 4 is 11.6 Å². The van der Waals surface area contributed by atoms with E-state index in [1.54, 1.807) is 0 Å². The molecule has 2 aromatic carbocycles. The van der Waals surface area contributed by atoms with Crippen LogP contribution in [0.1, 0.15) is 111 Å². The summed E-state index contributed by atoms with van der Waals surface area (Å²) in [6.45, 7) is 10.2. The van der Waals surface area contributed by atoms with Gasteiger partial charge in [-0.25, -0.2) is 0 Å². The van der Waals surface area contributed by atoms with E-state index in [0.717, 1.165) is 24.0 Å². The van der Waals surface area contributed by atoms with Crippen LogP contribution in [0.15, 0.2) is 48.5 Å². The van der Waals surface area contributed by atoms with Gasteiger partial charge in [-0.1, -0.05) is 109 Å². The number of hydrogen-bond acceptors (Lipinski definition) is 2. The number of Topliss-reactive ketones (excluding diaryl/α,β-unsaturated/α-hetero) is 2. The van der Waals surface area contributed by atoms with Crippen LogP contribution in [0.25, 0.3) is 0 Å². The third-order valence-electron chi connectivity index (χ3n) is 5.50. The molecule has 2 nitrogen and oxygen atoms in total. The number of hydrogen-bond donors (Lipinski definition) is 0. The molecule has 0 aliphatic rings. The zero-order chi connectivity index (χ0) is 23.1. The Balaban J connectivity index is 0.000000311. The summed E-state index contributed by atoms with van der Waals surface area (Å²) in [5.74, 6) is 0.557. The van der Waals surface area contributed by atoms with Crippen LogP contribution >= 0.6 is 0 Å². The molecule has 0 atom stereocenters. The fourth-order valence-corrected chi connectivity index (χ4v) is 3.39. The number of rotatable bonds is 12. The van der Waals surface area contributed by atoms with E-state index in [0.29, 0.717) is 6.42 Å². The molecule has 2 rings (SSSR count). The monoisotopic (exact) mass is 422 g/mol. The Morgan fingerprint density at radius 2 is 1.06 bits per heavy atom. The fraction of sp³-hybridized carbons (Fsp3) is 0.517. The molecule has 0 saturated heterocycles. The minimum absolute atomic E-state index is 0.0888. The van der Waals surface area contributed by atoms with Gasteiger partial charge in [-0.3, -0.25) is 9.59 Å². The molecule has 0 saturated carbocycles. The van der Waals surface area contributed by atoms with Crippen molar-refractivity contribution in [1.82, 2.24) is 0 Å². The number of unbranched alkanes of at least 4 members (excludes halogenated alkanes) is 4. The van der Waals surface area contributed by atoms with Crippen molar-refractivity contribution in [2.24, 2.45) is 5.92 Å². The highest BCUT2D eigenvalue weighted by molar-refractivity contribution is 5.97. The van der Waals surface area contributed by atoms with Gasteiger partial charge in [0.15, 0.2) is 11.6 Å². The Bertz CT molecular complexity index is 754. The average molecular weight is 423 g/mol. The van der Waals surface area contributed by atoms with Crippen molar-refractivity contribution in [2.75, 3.05) is 0 Å². The van der Waals surface area contributed by atoms with Gasteiger partial charge >= 0.3 is 0 Å². The Kier molecular flexibility index (Phi) is 13.5. The maximum Gasteiger partial charge on any atom is 0.165 e. The quantitative estimate of drug-likeness (QED) is 0.255. The van der Waals surface area contributed by atoms with E-state index in [4.69, 9.17) is 0 Å². The van der Waals surface area contributed by atoms with Gasteiger partial charge in [-0.05, 0) is 36.8 Å². The minimum Gasteiger partial charge on any atom is -0.294 e. The zero-order valence-corrected chi connectivity index (χ0v) is 20.4. The van der Waals surface area contributed by atoms with Crippen molar-refractivity contribution in [2.45, 2.75) is 92.4 Å². The van der Waals surface area contributed by atoms with Crippen LogP contribution in [0, 0.1) is 5.92 Å². The third kappa shape index (κ3) is 10.6. The van der Waals surface area contributed by atoms with E-state index in [9.17, 15) is 9.59 Å². The van der Waals surface area contributed by atoms with Gasteiger partial charge in [-0.2, -0.15) is 0 Å². The molecule has 0 radical (unpaired) electrons. The lowest BCUT2D eigenvalue weighted by molar-refractivity contribution is 0.0938. The summed E-state index contributed by atoms with van der Waals surface area (Å²) in [5, 5.41) is 0. The molecule has 0 aromatic heterocycles. The van der Waals surface area contributed by atoms with Crippen molar-refractivity contribution in [1.29, 1.82) is 0 Å². The molecule has 0 spiro atoms. The van der Waals surface area contributed by atoms with Crippen molar-refractivity contribution < 1.29 is 9.59 Å². The second kappa shape index (κ2) is 15.6. The largest absolute Gasteiger partial charge is 0.294 e. The molecule has 0 N–H and O–H groups in total. The fourth-order valence-electron chi connectivity index (χ4n) is 3.39. The van der Waals surface area contributed by atoms with Crippen LogP contribution < -0.4 is 0 Å². The van der Waals surface area contributed by atoms with E-state index in [1.165, 1.54) is 49.7 Å². The van der Waals surface area contributed by atoms with Crippen LogP contribution in [-0.2, 0) is 12.8 Å². The van der Waals surface area contributed by atoms with E-state index in [2.05, 4.69) is 38.1 Å². The molecule has 0 amide bonds. The van der Waals surface area contributed by atoms with Crippen LogP contribution in [0.5, 0.6) is 0 Å². The number of benzene rings is 2. The van der Waals surface area contributed by atoms with Gasteiger partial charge in [0.1, 0.15) is 0 Å². The first-order valence-corrected chi connectivity index (χ1v) is 12.2. The molecule has 2 aromatic rings. The number of carbonyl (C=O) groups is 2. The summed E-state index contributed by atoms with van der Waals surface area (Å²) >= 11 is 0. The Morgan fingerprint density at radius 3 is 1.42 bits per heavy atom. The first-order valence-electron chi connectivity index (χ1n) is 12.2. The zero-order valence-electron chi connectivity index (χ0n) is 20.4. The molecule has 0 fully saturated rings. The molecule has 2 heteroatoms. The lowest BCUT2D eigenvalue weighted by Crippen LogP contribution is -2.07. The van der Waals surface area contributed by atoms with E-state index < -0.39 is 0 Å². The Labute approximate surface area is 190 Å². The van der Waals surface area contributed by atoms with Crippen LogP contribution in [0.3, 0.4) is 0 Å². The van der Waals surface area contributed by atoms with Gasteiger partial charge in [0.25, 0.3) is 0 Å². The summed E-state index contributed by atoms with van der Waals surface area (Å²) in [5.41, 5.74) is 4.37. The molecule has 0 aliphatic heterocycles. The van der Waals surface area contributed by atoms with E-state index >= 15 is 0 Å². The van der Waals surface area contributed by atoms with E-state index in [1.807, 2.05) is 45.0 Å². The van der Waals surface area contributed by atoms with Gasteiger partial charge in [0, 0.05) is 23.5 Å². The number of aryl methyl sites for hydroxylation is 2. The summed E-state index contributed by atoms with van der Waals surface area (Å²) in [4.78, 5) is 23.1. The first kappa shape index (κ1) is 26.8. The summed E-state index contributed by atoms with van der Waals surface area (Å²) in [7, 11) is 0. The van der Waals surface area contributed by atoms with Gasteiger partial charge < -0.3 is 0 Å². The third-order valence-corrected chi connectivity index (χ3v) is 5.50. The maximum absolute atomic E-state index is 11.7. The van der Waals surface area contributed by atoms with Gasteiger partial charge in [0.2, 0.25) is 0 Å². The molecule has 0 bridgehead atoms. The normalized spacial score (nSPS) is 10.5. The topological polar surface area (TPSA) is 34.1 Å². The number of carbonyl (C=O) groups excluding carboxylic acids is 2. The Morgan fingerprint density at radius 1 is 0.645 bits per heavy atom. The van der Waals surface area contributed by atoms with Crippen molar-refractivity contribution in [3.63, 3.8) is 0 Å². The molecule has 170 valence electrons. The lowest BCUT2D eigenvalue weighted by atomic mass is 9.99. The van der Waals surface area contributed by atoms with Crippen LogP contribution in [-0.4, -0.2) is 11.6 Å². The Hall–Kier alpha value is -2.22. The van der Waals surface area contributed by atoms with Crippen molar-refractivity contribution in [3.05, 3.63) is 70.8 Å². The summed E-state index contributed by atoms with van der Waals surface area (Å²) in [6.07, 6.45) is 10.4. The predicted octanol–water partition coefficient (Wildman–Crippen LogP) is 8.27. The van der Waals surface area contributed by atoms with Crippen molar-refractivity contribution in [3.8, 4) is 0 Å². The average Bonchev–Trinajstić information content (AvgIpc) is 2.79. The summed E-state index contributed by atoms with van der Waals surface area (Å²) in [6, 6.07) is 16.2. The standard InChI is InChI=1S/C15H22O.C14H20O/c1-4-5-6-7-13-8-10-14(11-9-13)15(16)12(2)3;1-3-5-6-7-12-8-10-13(11-9-12)14(15)4-2/h8-12H,4-7H2,1-3H3;8-11H,3-7H2,1-2H3. The summed E-state index contributed by atoms with van der Waals surface area (Å²) < 4.78 is 0. The molecular weight excluding hydrogens is 380 g/mol. The van der Waals surface area contributed by atoms with E-state index in [-0.39, 0.29) is 17.5 Å². The van der Waals surface area contributed by atoms with Crippen LogP contribution in [0.2, 0.25) is 0 Å². The molecule has 0 unspecified atom stereocenters. The minimum atomic E-state index is 0.0888. The second-order valence-corrected chi connectivity index (χ2v) is 8.60. The second-order valence-electron chi connectivity index (χ2n) is 8.60. The maximum atomic E-state index is 11.7. The van der Waals surface area contributed by atoms with Crippen LogP contribution in [0.4, 0.5) is 0 Å². The highest BCUT2D eigenvalue weighted by Gasteiger charge is 2.09. The first-order chi connectivity index (χ1) is 14.9. The predicted molar refractivity (Wildman–Crippen MR) is 133 cm³/mol. The highest BCUT2D eigenvalue weighted by Crippen LogP contribution is 2.12. The lowest BCUT2D eigenvalue weighted by Gasteiger charge is -2.05. The highest BCUT2D eigenvalue weighted by atomic mass is 16.1. The van der Waals surface area contributed by atoms with Gasteiger partial charge in [0.05, 0.1) is 0 Å². The molecule has 0 heterocycles.